The molecule has 1 amide bonds. The first-order valence-corrected chi connectivity index (χ1v) is 8.11. The standard InChI is InChI=1S/C17H24N2O5/c1-21-13-3-4-14(15(9-13)22-2)16(20)19-6-8-24-17(11-19)10-18-5-7-23-12-17/h3-4,9,18H,5-8,10-12H2,1-2H3/t17-/m1/s1. The van der Waals surface area contributed by atoms with Gasteiger partial charge in [-0.3, -0.25) is 4.79 Å². The van der Waals surface area contributed by atoms with Gasteiger partial charge in [-0.25, -0.2) is 0 Å². The van der Waals surface area contributed by atoms with Gasteiger partial charge in [-0.2, -0.15) is 0 Å². The first-order chi connectivity index (χ1) is 11.7. The average Bonchev–Trinajstić information content (AvgIpc) is 2.86. The zero-order chi connectivity index (χ0) is 17.0. The van der Waals surface area contributed by atoms with Crippen molar-refractivity contribution in [3.63, 3.8) is 0 Å². The molecule has 7 heteroatoms. The van der Waals surface area contributed by atoms with Gasteiger partial charge in [0.05, 0.1) is 46.1 Å². The van der Waals surface area contributed by atoms with Crippen LogP contribution in [0.3, 0.4) is 0 Å². The first-order valence-electron chi connectivity index (χ1n) is 8.11. The van der Waals surface area contributed by atoms with Crippen LogP contribution in [0.15, 0.2) is 18.2 Å². The predicted molar refractivity (Wildman–Crippen MR) is 87.8 cm³/mol. The van der Waals surface area contributed by atoms with E-state index in [1.165, 1.54) is 0 Å². The topological polar surface area (TPSA) is 69.3 Å². The highest BCUT2D eigenvalue weighted by Gasteiger charge is 2.40. The lowest BCUT2D eigenvalue weighted by Gasteiger charge is -2.41. The number of hydrogen-bond donors (Lipinski definition) is 1. The molecule has 1 N–H and O–H groups in total. The van der Waals surface area contributed by atoms with Crippen molar-refractivity contribution in [1.82, 2.24) is 10.2 Å². The van der Waals surface area contributed by atoms with E-state index in [2.05, 4.69) is 5.32 Å². The average molecular weight is 336 g/mol. The Balaban J connectivity index is 1.79. The van der Waals surface area contributed by atoms with Crippen molar-refractivity contribution in [3.05, 3.63) is 23.8 Å². The van der Waals surface area contributed by atoms with Gasteiger partial charge in [-0.1, -0.05) is 0 Å². The van der Waals surface area contributed by atoms with Crippen molar-refractivity contribution in [3.8, 4) is 11.5 Å². The molecule has 2 heterocycles. The van der Waals surface area contributed by atoms with E-state index < -0.39 is 5.60 Å². The number of methoxy groups -OCH3 is 2. The van der Waals surface area contributed by atoms with Gasteiger partial charge in [0.25, 0.3) is 5.91 Å². The van der Waals surface area contributed by atoms with Gasteiger partial charge < -0.3 is 29.2 Å². The third-order valence-corrected chi connectivity index (χ3v) is 4.41. The number of nitrogens with zero attached hydrogens (tertiary/aromatic N) is 1. The van der Waals surface area contributed by atoms with Crippen molar-refractivity contribution in [1.29, 1.82) is 0 Å². The molecule has 0 saturated carbocycles. The third-order valence-electron chi connectivity index (χ3n) is 4.41. The second-order valence-electron chi connectivity index (χ2n) is 6.05. The molecule has 7 nitrogen and oxygen atoms in total. The summed E-state index contributed by atoms with van der Waals surface area (Å²) < 4.78 is 22.1. The second kappa shape index (κ2) is 7.38. The zero-order valence-corrected chi connectivity index (χ0v) is 14.2. The molecule has 0 aromatic heterocycles. The van der Waals surface area contributed by atoms with Crippen molar-refractivity contribution in [2.45, 2.75) is 5.60 Å². The van der Waals surface area contributed by atoms with Crippen LogP contribution in [0.5, 0.6) is 11.5 Å². The quantitative estimate of drug-likeness (QED) is 0.869. The summed E-state index contributed by atoms with van der Waals surface area (Å²) in [5.74, 6) is 1.10. The van der Waals surface area contributed by atoms with E-state index in [1.54, 1.807) is 32.4 Å². The Kier molecular flexibility index (Phi) is 5.23. The van der Waals surface area contributed by atoms with Crippen LogP contribution >= 0.6 is 0 Å². The monoisotopic (exact) mass is 336 g/mol. The molecule has 24 heavy (non-hydrogen) atoms. The Morgan fingerprint density at radius 1 is 1.29 bits per heavy atom. The number of amides is 1. The van der Waals surface area contributed by atoms with Crippen LogP contribution in [0.1, 0.15) is 10.4 Å². The maximum Gasteiger partial charge on any atom is 0.257 e. The van der Waals surface area contributed by atoms with Gasteiger partial charge in [0, 0.05) is 25.7 Å². The summed E-state index contributed by atoms with van der Waals surface area (Å²) in [7, 11) is 3.14. The largest absolute Gasteiger partial charge is 0.497 e. The molecule has 132 valence electrons. The molecule has 3 rings (SSSR count). The summed E-state index contributed by atoms with van der Waals surface area (Å²) in [4.78, 5) is 14.8. The molecule has 2 saturated heterocycles. The highest BCUT2D eigenvalue weighted by molar-refractivity contribution is 5.97. The maximum absolute atomic E-state index is 13.0. The fourth-order valence-electron chi connectivity index (χ4n) is 3.13. The first kappa shape index (κ1) is 17.0. The SMILES string of the molecule is COc1ccc(C(=O)N2CCO[C@]3(CNCCOC3)C2)c(OC)c1. The molecule has 1 atom stereocenters. The second-order valence-corrected chi connectivity index (χ2v) is 6.05. The number of ether oxygens (including phenoxy) is 4. The van der Waals surface area contributed by atoms with Crippen LogP contribution in [0.2, 0.25) is 0 Å². The van der Waals surface area contributed by atoms with E-state index in [0.717, 1.165) is 6.54 Å². The third kappa shape index (κ3) is 3.48. The minimum atomic E-state index is -0.482. The van der Waals surface area contributed by atoms with Crippen LogP contribution < -0.4 is 14.8 Å². The van der Waals surface area contributed by atoms with Gasteiger partial charge >= 0.3 is 0 Å². The highest BCUT2D eigenvalue weighted by atomic mass is 16.5. The van der Waals surface area contributed by atoms with E-state index in [4.69, 9.17) is 18.9 Å². The van der Waals surface area contributed by atoms with E-state index >= 15 is 0 Å². The normalized spacial score (nSPS) is 24.5. The Labute approximate surface area is 141 Å². The summed E-state index contributed by atoms with van der Waals surface area (Å²) in [6.07, 6.45) is 0. The summed E-state index contributed by atoms with van der Waals surface area (Å²) in [5, 5.41) is 3.32. The lowest BCUT2D eigenvalue weighted by atomic mass is 10.0. The van der Waals surface area contributed by atoms with Crippen LogP contribution in [-0.4, -0.2) is 76.6 Å². The molecule has 0 bridgehead atoms. The Morgan fingerprint density at radius 3 is 2.96 bits per heavy atom. The maximum atomic E-state index is 13.0. The molecule has 0 radical (unpaired) electrons. The molecule has 2 fully saturated rings. The fourth-order valence-corrected chi connectivity index (χ4v) is 3.13. The molecule has 2 aliphatic heterocycles. The molecule has 1 aromatic carbocycles. The van der Waals surface area contributed by atoms with Crippen LogP contribution in [0.4, 0.5) is 0 Å². The van der Waals surface area contributed by atoms with Gasteiger partial charge in [-0.15, -0.1) is 0 Å². The fraction of sp³-hybridized carbons (Fsp3) is 0.588. The van der Waals surface area contributed by atoms with Crippen molar-refractivity contribution in [2.24, 2.45) is 0 Å². The van der Waals surface area contributed by atoms with Gasteiger partial charge in [0.2, 0.25) is 0 Å². The summed E-state index contributed by atoms with van der Waals surface area (Å²) in [6.45, 7) is 4.16. The van der Waals surface area contributed by atoms with E-state index in [-0.39, 0.29) is 5.91 Å². The zero-order valence-electron chi connectivity index (χ0n) is 14.2. The molecular formula is C17H24N2O5. The van der Waals surface area contributed by atoms with E-state index in [9.17, 15) is 4.79 Å². The van der Waals surface area contributed by atoms with Crippen molar-refractivity contribution < 1.29 is 23.7 Å². The molecule has 1 spiro atoms. The number of benzene rings is 1. The van der Waals surface area contributed by atoms with Gasteiger partial charge in [0.15, 0.2) is 0 Å². The number of hydrogen-bond acceptors (Lipinski definition) is 6. The Bertz CT molecular complexity index is 584. The summed E-state index contributed by atoms with van der Waals surface area (Å²) in [6, 6.07) is 5.23. The van der Waals surface area contributed by atoms with Crippen molar-refractivity contribution in [2.75, 3.05) is 60.2 Å². The number of carbonyl (C=O) groups is 1. The Hall–Kier alpha value is -1.83. The van der Waals surface area contributed by atoms with Crippen LogP contribution in [-0.2, 0) is 9.47 Å². The Morgan fingerprint density at radius 2 is 2.17 bits per heavy atom. The molecule has 1 aromatic rings. The highest BCUT2D eigenvalue weighted by Crippen LogP contribution is 2.28. The minimum absolute atomic E-state index is 0.0681. The van der Waals surface area contributed by atoms with Gasteiger partial charge in [-0.05, 0) is 12.1 Å². The summed E-state index contributed by atoms with van der Waals surface area (Å²) >= 11 is 0. The molecule has 0 unspecified atom stereocenters. The molecule has 0 aliphatic carbocycles. The number of rotatable bonds is 3. The molecule has 2 aliphatic rings. The number of nitrogens with one attached hydrogen (secondary N) is 1. The minimum Gasteiger partial charge on any atom is -0.497 e. The number of morpholine rings is 1. The van der Waals surface area contributed by atoms with E-state index in [0.29, 0.717) is 56.5 Å². The predicted octanol–water partition coefficient (Wildman–Crippen LogP) is 0.535. The lowest BCUT2D eigenvalue weighted by Crippen LogP contribution is -2.59. The van der Waals surface area contributed by atoms with Crippen molar-refractivity contribution >= 4 is 5.91 Å². The summed E-state index contributed by atoms with van der Waals surface area (Å²) in [5.41, 5.74) is 0.0438. The van der Waals surface area contributed by atoms with E-state index in [1.807, 2.05) is 4.90 Å². The lowest BCUT2D eigenvalue weighted by molar-refractivity contribution is -0.125. The van der Waals surface area contributed by atoms with Crippen LogP contribution in [0.25, 0.3) is 0 Å². The van der Waals surface area contributed by atoms with Crippen LogP contribution in [0, 0.1) is 0 Å². The molecular weight excluding hydrogens is 312 g/mol. The smallest absolute Gasteiger partial charge is 0.257 e. The number of carbonyl (C=O) groups excluding carboxylic acids is 1. The van der Waals surface area contributed by atoms with Gasteiger partial charge in [0.1, 0.15) is 17.1 Å².